The van der Waals surface area contributed by atoms with Gasteiger partial charge in [0.05, 0.1) is 24.5 Å². The number of halogens is 1. The van der Waals surface area contributed by atoms with Crippen LogP contribution in [-0.2, 0) is 19.4 Å². The Labute approximate surface area is 133 Å². The van der Waals surface area contributed by atoms with Crippen LogP contribution >= 0.6 is 0 Å². The molecule has 1 aliphatic heterocycles. The van der Waals surface area contributed by atoms with Gasteiger partial charge in [0, 0.05) is 12.6 Å². The number of rotatable bonds is 3. The Kier molecular flexibility index (Phi) is 3.55. The molecule has 1 atom stereocenters. The number of aryl methyl sites for hydroxylation is 2. The molecule has 4 rings (SSSR count). The topological polar surface area (TPSA) is 63.9 Å². The molecule has 1 saturated heterocycles. The van der Waals surface area contributed by atoms with Gasteiger partial charge in [-0.25, -0.2) is 19.0 Å². The predicted molar refractivity (Wildman–Crippen MR) is 82.9 cm³/mol. The summed E-state index contributed by atoms with van der Waals surface area (Å²) in [6.45, 7) is 1.20. The maximum Gasteiger partial charge on any atom is 0.267 e. The minimum atomic E-state index is -0.423. The number of hydrogen-bond acceptors (Lipinski definition) is 5. The zero-order valence-corrected chi connectivity index (χ0v) is 12.8. The molecule has 7 heteroatoms. The second kappa shape index (κ2) is 5.72. The van der Waals surface area contributed by atoms with Crippen molar-refractivity contribution in [2.24, 2.45) is 0 Å². The second-order valence-electron chi connectivity index (χ2n) is 6.17. The Bertz CT molecular complexity index is 790. The summed E-state index contributed by atoms with van der Waals surface area (Å²) in [5.41, 5.74) is 2.04. The molecule has 2 aromatic rings. The van der Waals surface area contributed by atoms with Crippen LogP contribution < -0.4 is 10.5 Å². The fourth-order valence-corrected chi connectivity index (χ4v) is 3.59. The smallest absolute Gasteiger partial charge is 0.267 e. The van der Waals surface area contributed by atoms with Gasteiger partial charge < -0.3 is 4.90 Å². The molecule has 120 valence electrons. The van der Waals surface area contributed by atoms with Gasteiger partial charge in [-0.2, -0.15) is 5.10 Å². The van der Waals surface area contributed by atoms with Crippen molar-refractivity contribution in [1.82, 2.24) is 19.7 Å². The van der Waals surface area contributed by atoms with Gasteiger partial charge in [-0.15, -0.1) is 0 Å². The first-order valence-corrected chi connectivity index (χ1v) is 8.04. The van der Waals surface area contributed by atoms with E-state index in [9.17, 15) is 9.18 Å². The average molecular weight is 315 g/mol. The lowest BCUT2D eigenvalue weighted by molar-refractivity contribution is 0.476. The summed E-state index contributed by atoms with van der Waals surface area (Å²) < 4.78 is 15.5. The molecule has 2 aliphatic rings. The molecule has 1 aliphatic carbocycles. The highest BCUT2D eigenvalue weighted by molar-refractivity contribution is 5.41. The number of aromatic nitrogens is 4. The molecule has 0 amide bonds. The molecule has 1 unspecified atom stereocenters. The molecule has 0 radical (unpaired) electrons. The van der Waals surface area contributed by atoms with Crippen LogP contribution in [0.4, 0.5) is 10.2 Å². The zero-order chi connectivity index (χ0) is 15.8. The lowest BCUT2D eigenvalue weighted by atomic mass is 10.2. The highest BCUT2D eigenvalue weighted by atomic mass is 19.1. The van der Waals surface area contributed by atoms with Gasteiger partial charge in [-0.1, -0.05) is 0 Å². The third kappa shape index (κ3) is 2.60. The quantitative estimate of drug-likeness (QED) is 0.855. The van der Waals surface area contributed by atoms with E-state index in [1.54, 1.807) is 6.07 Å². The molecule has 1 fully saturated rings. The van der Waals surface area contributed by atoms with Crippen LogP contribution in [0.2, 0.25) is 0 Å². The van der Waals surface area contributed by atoms with E-state index in [2.05, 4.69) is 15.1 Å². The van der Waals surface area contributed by atoms with Crippen LogP contribution in [0.5, 0.6) is 0 Å². The summed E-state index contributed by atoms with van der Waals surface area (Å²) in [6.07, 6.45) is 7.33. The van der Waals surface area contributed by atoms with Crippen molar-refractivity contribution in [1.29, 1.82) is 0 Å². The number of hydrogen-bond donors (Lipinski definition) is 0. The van der Waals surface area contributed by atoms with Crippen molar-refractivity contribution >= 4 is 5.82 Å². The summed E-state index contributed by atoms with van der Waals surface area (Å²) in [6, 6.07) is 1.74. The summed E-state index contributed by atoms with van der Waals surface area (Å²) in [7, 11) is 0. The van der Waals surface area contributed by atoms with Crippen LogP contribution in [0, 0.1) is 5.82 Å². The minimum Gasteiger partial charge on any atom is -0.349 e. The van der Waals surface area contributed by atoms with E-state index in [1.807, 2.05) is 4.90 Å². The van der Waals surface area contributed by atoms with Crippen LogP contribution in [0.25, 0.3) is 0 Å². The van der Waals surface area contributed by atoms with Gasteiger partial charge in [-0.3, -0.25) is 4.79 Å². The van der Waals surface area contributed by atoms with Gasteiger partial charge in [-0.05, 0) is 37.7 Å². The van der Waals surface area contributed by atoms with Gasteiger partial charge in [0.2, 0.25) is 0 Å². The Balaban J connectivity index is 1.61. The summed E-state index contributed by atoms with van der Waals surface area (Å²) >= 11 is 0. The Morgan fingerprint density at radius 2 is 2.22 bits per heavy atom. The van der Waals surface area contributed by atoms with E-state index in [0.29, 0.717) is 12.4 Å². The van der Waals surface area contributed by atoms with Gasteiger partial charge >= 0.3 is 0 Å². The number of anilines is 1. The highest BCUT2D eigenvalue weighted by Crippen LogP contribution is 2.26. The molecule has 0 spiro atoms. The van der Waals surface area contributed by atoms with Crippen molar-refractivity contribution in [3.8, 4) is 0 Å². The fourth-order valence-electron chi connectivity index (χ4n) is 3.59. The highest BCUT2D eigenvalue weighted by Gasteiger charge is 2.29. The molecular formula is C16H18FN5O. The van der Waals surface area contributed by atoms with Gasteiger partial charge in [0.25, 0.3) is 5.56 Å². The Morgan fingerprint density at radius 1 is 1.30 bits per heavy atom. The van der Waals surface area contributed by atoms with Crippen LogP contribution in [-0.4, -0.2) is 32.3 Å². The largest absolute Gasteiger partial charge is 0.349 e. The molecule has 23 heavy (non-hydrogen) atoms. The van der Waals surface area contributed by atoms with E-state index in [-0.39, 0.29) is 11.6 Å². The predicted octanol–water partition coefficient (Wildman–Crippen LogP) is 1.33. The summed E-state index contributed by atoms with van der Waals surface area (Å²) in [4.78, 5) is 22.0. The van der Waals surface area contributed by atoms with Crippen molar-refractivity contribution in [3.05, 3.63) is 46.0 Å². The van der Waals surface area contributed by atoms with Crippen molar-refractivity contribution in [3.63, 3.8) is 0 Å². The standard InChI is InChI=1S/C16H18FN5O/c17-13-8-18-10-19-16(13)21-6-2-4-12(21)9-22-15(23)7-11-3-1-5-14(11)20-22/h7-8,10,12H,1-6,9H2. The van der Waals surface area contributed by atoms with E-state index >= 15 is 0 Å². The van der Waals surface area contributed by atoms with E-state index in [4.69, 9.17) is 0 Å². The number of nitrogens with zero attached hydrogens (tertiary/aromatic N) is 5. The zero-order valence-electron chi connectivity index (χ0n) is 12.8. The lowest BCUT2D eigenvalue weighted by Gasteiger charge is -2.26. The summed E-state index contributed by atoms with van der Waals surface area (Å²) in [5, 5.41) is 4.52. The third-order valence-corrected chi connectivity index (χ3v) is 4.70. The first-order valence-electron chi connectivity index (χ1n) is 8.04. The summed E-state index contributed by atoms with van der Waals surface area (Å²) in [5.74, 6) is -0.106. The van der Waals surface area contributed by atoms with Crippen molar-refractivity contribution in [2.75, 3.05) is 11.4 Å². The minimum absolute atomic E-state index is 0.0315. The molecule has 0 bridgehead atoms. The van der Waals surface area contributed by atoms with Crippen molar-refractivity contribution in [2.45, 2.75) is 44.7 Å². The van der Waals surface area contributed by atoms with Crippen molar-refractivity contribution < 1.29 is 4.39 Å². The third-order valence-electron chi connectivity index (χ3n) is 4.70. The second-order valence-corrected chi connectivity index (χ2v) is 6.17. The fraction of sp³-hybridized carbons (Fsp3) is 0.500. The molecule has 3 heterocycles. The first-order chi connectivity index (χ1) is 11.2. The molecular weight excluding hydrogens is 297 g/mol. The Hall–Kier alpha value is -2.31. The monoisotopic (exact) mass is 315 g/mol. The van der Waals surface area contributed by atoms with Crippen LogP contribution in [0.3, 0.4) is 0 Å². The number of fused-ring (bicyclic) bond motifs is 1. The Morgan fingerprint density at radius 3 is 3.09 bits per heavy atom. The SMILES string of the molecule is O=c1cc2c(nn1CC1CCCN1c1ncncc1F)CCC2. The van der Waals surface area contributed by atoms with E-state index < -0.39 is 5.82 Å². The van der Waals surface area contributed by atoms with E-state index in [1.165, 1.54) is 17.2 Å². The maximum absolute atomic E-state index is 14.0. The average Bonchev–Trinajstić information content (AvgIpc) is 3.17. The lowest BCUT2D eigenvalue weighted by Crippen LogP contribution is -2.38. The van der Waals surface area contributed by atoms with Gasteiger partial charge in [0.1, 0.15) is 6.33 Å². The normalized spacial score (nSPS) is 20.0. The maximum atomic E-state index is 14.0. The molecule has 0 aromatic carbocycles. The first kappa shape index (κ1) is 14.3. The van der Waals surface area contributed by atoms with Crippen LogP contribution in [0.15, 0.2) is 23.4 Å². The molecule has 0 N–H and O–H groups in total. The van der Waals surface area contributed by atoms with Gasteiger partial charge in [0.15, 0.2) is 11.6 Å². The molecule has 2 aromatic heterocycles. The molecule has 6 nitrogen and oxygen atoms in total. The molecule has 0 saturated carbocycles. The van der Waals surface area contributed by atoms with Crippen LogP contribution in [0.1, 0.15) is 30.5 Å². The van der Waals surface area contributed by atoms with E-state index in [0.717, 1.165) is 49.9 Å².